The second-order valence-electron chi connectivity index (χ2n) is 5.39. The van der Waals surface area contributed by atoms with E-state index in [9.17, 15) is 4.79 Å². The van der Waals surface area contributed by atoms with Gasteiger partial charge in [-0.05, 0) is 34.0 Å². The molecular formula is C15H23N5O2. The molecule has 2 rings (SSSR count). The summed E-state index contributed by atoms with van der Waals surface area (Å²) in [6.07, 6.45) is 4.36. The maximum Gasteiger partial charge on any atom is 0.341 e. The normalized spacial score (nSPS) is 11.1. The van der Waals surface area contributed by atoms with Crippen molar-refractivity contribution in [2.75, 3.05) is 39.1 Å². The number of anilines is 1. The standard InChI is InChI=1S/C15H23N5O2/c1-5-22-15(21)11-9-17-14-12(10-20(4)18-14)13(11)16-7-6-8-19(2)3/h9-10,16H,5-8H2,1-4H3. The minimum absolute atomic E-state index is 0.337. The zero-order chi connectivity index (χ0) is 16.1. The highest BCUT2D eigenvalue weighted by Gasteiger charge is 2.18. The first kappa shape index (κ1) is 16.2. The highest BCUT2D eigenvalue weighted by atomic mass is 16.5. The third-order valence-electron chi connectivity index (χ3n) is 3.24. The minimum Gasteiger partial charge on any atom is -0.462 e. The summed E-state index contributed by atoms with van der Waals surface area (Å²) in [4.78, 5) is 18.5. The number of aromatic nitrogens is 3. The summed E-state index contributed by atoms with van der Waals surface area (Å²) in [5, 5.41) is 8.46. The third-order valence-corrected chi connectivity index (χ3v) is 3.24. The Morgan fingerprint density at radius 3 is 2.91 bits per heavy atom. The van der Waals surface area contributed by atoms with Gasteiger partial charge in [-0.3, -0.25) is 4.68 Å². The summed E-state index contributed by atoms with van der Waals surface area (Å²) in [6.45, 7) is 3.86. The van der Waals surface area contributed by atoms with Crippen molar-refractivity contribution in [3.05, 3.63) is 18.0 Å². The number of nitrogens with zero attached hydrogens (tertiary/aromatic N) is 4. The number of hydrogen-bond acceptors (Lipinski definition) is 6. The molecule has 0 unspecified atom stereocenters. The maximum atomic E-state index is 12.1. The van der Waals surface area contributed by atoms with Crippen molar-refractivity contribution >= 4 is 22.7 Å². The van der Waals surface area contributed by atoms with Crippen LogP contribution >= 0.6 is 0 Å². The Bertz CT molecular complexity index is 651. The molecule has 0 spiro atoms. The predicted octanol–water partition coefficient (Wildman–Crippen LogP) is 1.51. The average molecular weight is 305 g/mol. The highest BCUT2D eigenvalue weighted by Crippen LogP contribution is 2.25. The van der Waals surface area contributed by atoms with Gasteiger partial charge in [-0.25, -0.2) is 9.78 Å². The number of nitrogens with one attached hydrogen (secondary N) is 1. The summed E-state index contributed by atoms with van der Waals surface area (Å²) in [6, 6.07) is 0. The molecular weight excluding hydrogens is 282 g/mol. The second-order valence-corrected chi connectivity index (χ2v) is 5.39. The van der Waals surface area contributed by atoms with E-state index < -0.39 is 0 Å². The first-order valence-corrected chi connectivity index (χ1v) is 7.41. The maximum absolute atomic E-state index is 12.1. The molecule has 1 N–H and O–H groups in total. The van der Waals surface area contributed by atoms with E-state index in [1.807, 2.05) is 27.3 Å². The van der Waals surface area contributed by atoms with Gasteiger partial charge >= 0.3 is 5.97 Å². The molecule has 0 aliphatic heterocycles. The van der Waals surface area contributed by atoms with Gasteiger partial charge in [0.05, 0.1) is 17.7 Å². The van der Waals surface area contributed by atoms with Crippen LogP contribution in [0.4, 0.5) is 5.69 Å². The van der Waals surface area contributed by atoms with Crippen molar-refractivity contribution in [3.8, 4) is 0 Å². The molecule has 0 aromatic carbocycles. The van der Waals surface area contributed by atoms with Gasteiger partial charge < -0.3 is 15.0 Å². The molecule has 0 radical (unpaired) electrons. The van der Waals surface area contributed by atoms with Gasteiger partial charge in [-0.1, -0.05) is 0 Å². The van der Waals surface area contributed by atoms with Crippen molar-refractivity contribution in [1.82, 2.24) is 19.7 Å². The van der Waals surface area contributed by atoms with Crippen LogP contribution in [0.1, 0.15) is 23.7 Å². The van der Waals surface area contributed by atoms with Gasteiger partial charge in [0, 0.05) is 26.0 Å². The molecule has 0 saturated carbocycles. The molecule has 7 nitrogen and oxygen atoms in total. The summed E-state index contributed by atoms with van der Waals surface area (Å²) >= 11 is 0. The van der Waals surface area contributed by atoms with Crippen LogP contribution < -0.4 is 5.32 Å². The zero-order valence-electron chi connectivity index (χ0n) is 13.6. The smallest absolute Gasteiger partial charge is 0.341 e. The van der Waals surface area contributed by atoms with Crippen molar-refractivity contribution in [2.24, 2.45) is 7.05 Å². The Balaban J connectivity index is 2.28. The third kappa shape index (κ3) is 3.73. The lowest BCUT2D eigenvalue weighted by Gasteiger charge is -2.13. The number of aryl methyl sites for hydroxylation is 1. The van der Waals surface area contributed by atoms with Gasteiger partial charge in [-0.2, -0.15) is 5.10 Å². The lowest BCUT2D eigenvalue weighted by Crippen LogP contribution is -2.17. The molecule has 0 saturated heterocycles. The van der Waals surface area contributed by atoms with Crippen LogP contribution in [0.25, 0.3) is 11.0 Å². The topological polar surface area (TPSA) is 72.3 Å². The fraction of sp³-hybridized carbons (Fsp3) is 0.533. The van der Waals surface area contributed by atoms with Gasteiger partial charge in [0.25, 0.3) is 0 Å². The fourth-order valence-corrected chi connectivity index (χ4v) is 2.25. The van der Waals surface area contributed by atoms with Gasteiger partial charge in [0.1, 0.15) is 5.56 Å². The van der Waals surface area contributed by atoms with E-state index in [-0.39, 0.29) is 5.97 Å². The number of rotatable bonds is 7. The Morgan fingerprint density at radius 1 is 1.45 bits per heavy atom. The number of carbonyl (C=O) groups excluding carboxylic acids is 1. The van der Waals surface area contributed by atoms with Crippen molar-refractivity contribution < 1.29 is 9.53 Å². The minimum atomic E-state index is -0.365. The van der Waals surface area contributed by atoms with Crippen molar-refractivity contribution in [1.29, 1.82) is 0 Å². The Hall–Kier alpha value is -2.15. The van der Waals surface area contributed by atoms with Gasteiger partial charge in [0.15, 0.2) is 5.65 Å². The molecule has 0 aliphatic carbocycles. The van der Waals surface area contributed by atoms with Gasteiger partial charge in [0.2, 0.25) is 0 Å². The lowest BCUT2D eigenvalue weighted by molar-refractivity contribution is 0.0527. The van der Waals surface area contributed by atoms with E-state index in [1.54, 1.807) is 11.6 Å². The average Bonchev–Trinajstić information content (AvgIpc) is 2.83. The molecule has 22 heavy (non-hydrogen) atoms. The van der Waals surface area contributed by atoms with Crippen LogP contribution in [0.15, 0.2) is 12.4 Å². The van der Waals surface area contributed by atoms with E-state index in [4.69, 9.17) is 4.74 Å². The second kappa shape index (κ2) is 7.22. The molecule has 7 heteroatoms. The molecule has 0 atom stereocenters. The van der Waals surface area contributed by atoms with E-state index >= 15 is 0 Å². The molecule has 2 aromatic rings. The molecule has 2 heterocycles. The molecule has 0 fully saturated rings. The van der Waals surface area contributed by atoms with E-state index in [0.29, 0.717) is 17.8 Å². The lowest BCUT2D eigenvalue weighted by atomic mass is 10.1. The molecule has 0 bridgehead atoms. The van der Waals surface area contributed by atoms with E-state index in [1.165, 1.54) is 6.20 Å². The summed E-state index contributed by atoms with van der Waals surface area (Å²) in [5.41, 5.74) is 1.81. The summed E-state index contributed by atoms with van der Waals surface area (Å²) in [5.74, 6) is -0.365. The Kier molecular flexibility index (Phi) is 5.32. The first-order chi connectivity index (χ1) is 10.5. The molecule has 120 valence electrons. The largest absolute Gasteiger partial charge is 0.462 e. The van der Waals surface area contributed by atoms with Crippen LogP contribution in [0, 0.1) is 0 Å². The van der Waals surface area contributed by atoms with Crippen LogP contribution in [-0.2, 0) is 11.8 Å². The molecule has 0 aliphatic rings. The van der Waals surface area contributed by atoms with Crippen LogP contribution in [0.5, 0.6) is 0 Å². The number of fused-ring (bicyclic) bond motifs is 1. The van der Waals surface area contributed by atoms with E-state index in [0.717, 1.165) is 30.6 Å². The number of esters is 1. The highest BCUT2D eigenvalue weighted by molar-refractivity contribution is 6.04. The Labute approximate surface area is 130 Å². The summed E-state index contributed by atoms with van der Waals surface area (Å²) in [7, 11) is 5.91. The van der Waals surface area contributed by atoms with Crippen LogP contribution in [0.3, 0.4) is 0 Å². The van der Waals surface area contributed by atoms with Crippen LogP contribution in [-0.4, -0.2) is 59.4 Å². The number of hydrogen-bond donors (Lipinski definition) is 1. The van der Waals surface area contributed by atoms with Crippen molar-refractivity contribution in [3.63, 3.8) is 0 Å². The fourth-order valence-electron chi connectivity index (χ4n) is 2.25. The number of ether oxygens (including phenoxy) is 1. The molecule has 2 aromatic heterocycles. The first-order valence-electron chi connectivity index (χ1n) is 7.41. The molecule has 0 amide bonds. The van der Waals surface area contributed by atoms with Gasteiger partial charge in [-0.15, -0.1) is 0 Å². The predicted molar refractivity (Wildman–Crippen MR) is 86.1 cm³/mol. The van der Waals surface area contributed by atoms with E-state index in [2.05, 4.69) is 20.3 Å². The zero-order valence-corrected chi connectivity index (χ0v) is 13.6. The summed E-state index contributed by atoms with van der Waals surface area (Å²) < 4.78 is 6.81. The Morgan fingerprint density at radius 2 is 2.23 bits per heavy atom. The monoisotopic (exact) mass is 305 g/mol. The quantitative estimate of drug-likeness (QED) is 0.617. The SMILES string of the molecule is CCOC(=O)c1cnc2nn(C)cc2c1NCCCN(C)C. The number of carbonyl (C=O) groups is 1. The van der Waals surface area contributed by atoms with Crippen molar-refractivity contribution in [2.45, 2.75) is 13.3 Å². The van der Waals surface area contributed by atoms with Crippen LogP contribution in [0.2, 0.25) is 0 Å². The number of pyridine rings is 1.